The Labute approximate surface area is 147 Å². The summed E-state index contributed by atoms with van der Waals surface area (Å²) in [6, 6.07) is 9.25. The van der Waals surface area contributed by atoms with Gasteiger partial charge in [-0.25, -0.2) is 9.48 Å². The number of aliphatic hydroxyl groups is 1. The van der Waals surface area contributed by atoms with Gasteiger partial charge in [0.15, 0.2) is 0 Å². The molecule has 1 aliphatic carbocycles. The predicted octanol–water partition coefficient (Wildman–Crippen LogP) is 2.18. The number of rotatable bonds is 5. The van der Waals surface area contributed by atoms with E-state index in [9.17, 15) is 9.90 Å². The highest BCUT2D eigenvalue weighted by atomic mass is 16.3. The Bertz CT molecular complexity index is 688. The number of carbonyl (C=O) groups is 1. The maximum atomic E-state index is 12.1. The minimum absolute atomic E-state index is 0.221. The normalized spacial score (nSPS) is 21.5. The molecule has 3 unspecified atom stereocenters. The van der Waals surface area contributed by atoms with Crippen molar-refractivity contribution < 1.29 is 9.90 Å². The number of carbonyl (C=O) groups excluding carboxylic acids is 1. The maximum absolute atomic E-state index is 12.1. The molecule has 134 valence electrons. The molecule has 0 radical (unpaired) electrons. The molecule has 2 aromatic rings. The molecule has 3 N–H and O–H groups in total. The second-order valence-electron chi connectivity index (χ2n) is 6.69. The summed E-state index contributed by atoms with van der Waals surface area (Å²) in [7, 11) is 0. The summed E-state index contributed by atoms with van der Waals surface area (Å²) in [6.45, 7) is 2.47. The molecule has 1 heterocycles. The van der Waals surface area contributed by atoms with Crippen molar-refractivity contribution in [1.82, 2.24) is 25.6 Å². The number of aliphatic hydroxyl groups excluding tert-OH is 1. The fraction of sp³-hybridized carbons (Fsp3) is 0.500. The third kappa shape index (κ3) is 4.79. The van der Waals surface area contributed by atoms with Gasteiger partial charge in [-0.3, -0.25) is 0 Å². The van der Waals surface area contributed by atoms with Crippen molar-refractivity contribution >= 4 is 6.03 Å². The van der Waals surface area contributed by atoms with Crippen LogP contribution >= 0.6 is 0 Å². The minimum Gasteiger partial charge on any atom is -0.393 e. The first-order valence-corrected chi connectivity index (χ1v) is 8.82. The molecule has 3 rings (SSSR count). The molecule has 1 saturated carbocycles. The van der Waals surface area contributed by atoms with E-state index in [-0.39, 0.29) is 18.2 Å². The van der Waals surface area contributed by atoms with E-state index in [2.05, 4.69) is 20.9 Å². The monoisotopic (exact) mass is 343 g/mol. The zero-order valence-corrected chi connectivity index (χ0v) is 14.4. The van der Waals surface area contributed by atoms with Crippen molar-refractivity contribution in [2.45, 2.75) is 44.8 Å². The van der Waals surface area contributed by atoms with Gasteiger partial charge in [-0.2, -0.15) is 0 Å². The standard InChI is InChI=1S/C18H25N5O2/c1-13(17-12-23(22-21-17)15-7-3-2-4-8-15)20-18(25)19-11-14-6-5-9-16(24)10-14/h2-4,7-8,12-14,16,24H,5-6,9-11H2,1H3,(H2,19,20,25). The molecule has 1 aromatic heterocycles. The van der Waals surface area contributed by atoms with Crippen molar-refractivity contribution in [3.8, 4) is 5.69 Å². The van der Waals surface area contributed by atoms with Gasteiger partial charge in [0.1, 0.15) is 5.69 Å². The molecule has 0 aliphatic heterocycles. The van der Waals surface area contributed by atoms with Crippen LogP contribution in [0.25, 0.3) is 5.69 Å². The molecule has 1 aliphatic rings. The fourth-order valence-corrected chi connectivity index (χ4v) is 3.19. The first-order valence-electron chi connectivity index (χ1n) is 8.82. The molecular weight excluding hydrogens is 318 g/mol. The Morgan fingerprint density at radius 3 is 2.92 bits per heavy atom. The first kappa shape index (κ1) is 17.4. The molecule has 1 aromatic carbocycles. The third-order valence-electron chi connectivity index (χ3n) is 4.63. The Morgan fingerprint density at radius 1 is 1.36 bits per heavy atom. The van der Waals surface area contributed by atoms with Crippen molar-refractivity contribution in [2.75, 3.05) is 6.54 Å². The van der Waals surface area contributed by atoms with Crippen LogP contribution in [-0.4, -0.2) is 38.8 Å². The number of urea groups is 1. The number of benzene rings is 1. The van der Waals surface area contributed by atoms with Crippen molar-refractivity contribution in [3.05, 3.63) is 42.2 Å². The molecule has 2 amide bonds. The molecule has 0 bridgehead atoms. The van der Waals surface area contributed by atoms with E-state index in [0.29, 0.717) is 18.2 Å². The molecule has 0 spiro atoms. The number of hydrogen-bond donors (Lipinski definition) is 3. The molecular formula is C18H25N5O2. The van der Waals surface area contributed by atoms with Crippen molar-refractivity contribution in [2.24, 2.45) is 5.92 Å². The summed E-state index contributed by atoms with van der Waals surface area (Å²) in [5, 5.41) is 23.7. The third-order valence-corrected chi connectivity index (χ3v) is 4.63. The van der Waals surface area contributed by atoms with E-state index >= 15 is 0 Å². The summed E-state index contributed by atoms with van der Waals surface area (Å²) in [5.41, 5.74) is 1.63. The van der Waals surface area contributed by atoms with Crippen molar-refractivity contribution in [1.29, 1.82) is 0 Å². The summed E-state index contributed by atoms with van der Waals surface area (Å²) in [5.74, 6) is 0.351. The van der Waals surface area contributed by atoms with E-state index in [1.54, 1.807) is 4.68 Å². The zero-order chi connectivity index (χ0) is 17.6. The lowest BCUT2D eigenvalue weighted by molar-refractivity contribution is 0.101. The summed E-state index contributed by atoms with van der Waals surface area (Å²) in [4.78, 5) is 12.1. The molecule has 7 nitrogen and oxygen atoms in total. The van der Waals surface area contributed by atoms with Crippen LogP contribution in [0.4, 0.5) is 4.79 Å². The number of aromatic nitrogens is 3. The van der Waals surface area contributed by atoms with Gasteiger partial charge in [0.2, 0.25) is 0 Å². The van der Waals surface area contributed by atoms with Gasteiger partial charge in [0.05, 0.1) is 24.0 Å². The Hall–Kier alpha value is -2.41. The van der Waals surface area contributed by atoms with Crippen LogP contribution < -0.4 is 10.6 Å². The highest BCUT2D eigenvalue weighted by molar-refractivity contribution is 5.74. The lowest BCUT2D eigenvalue weighted by Crippen LogP contribution is -2.40. The average Bonchev–Trinajstić information content (AvgIpc) is 3.11. The highest BCUT2D eigenvalue weighted by Crippen LogP contribution is 2.23. The van der Waals surface area contributed by atoms with Crippen LogP contribution in [0.5, 0.6) is 0 Å². The number of hydrogen-bond acceptors (Lipinski definition) is 4. The van der Waals surface area contributed by atoms with Gasteiger partial charge in [0, 0.05) is 6.54 Å². The van der Waals surface area contributed by atoms with E-state index in [4.69, 9.17) is 0 Å². The Morgan fingerprint density at radius 2 is 2.16 bits per heavy atom. The van der Waals surface area contributed by atoms with Crippen LogP contribution in [0.2, 0.25) is 0 Å². The summed E-state index contributed by atoms with van der Waals surface area (Å²) >= 11 is 0. The number of nitrogens with one attached hydrogen (secondary N) is 2. The highest BCUT2D eigenvalue weighted by Gasteiger charge is 2.21. The molecule has 3 atom stereocenters. The molecule has 1 fully saturated rings. The zero-order valence-electron chi connectivity index (χ0n) is 14.4. The lowest BCUT2D eigenvalue weighted by atomic mass is 9.87. The van der Waals surface area contributed by atoms with Crippen molar-refractivity contribution in [3.63, 3.8) is 0 Å². The maximum Gasteiger partial charge on any atom is 0.315 e. The quantitative estimate of drug-likeness (QED) is 0.776. The van der Waals surface area contributed by atoms with Crippen LogP contribution in [0.1, 0.15) is 44.3 Å². The van der Waals surface area contributed by atoms with E-state index < -0.39 is 0 Å². The average molecular weight is 343 g/mol. The molecule has 0 saturated heterocycles. The van der Waals surface area contributed by atoms with Crippen LogP contribution in [0, 0.1) is 5.92 Å². The lowest BCUT2D eigenvalue weighted by Gasteiger charge is -2.26. The van der Waals surface area contributed by atoms with Crippen LogP contribution in [0.15, 0.2) is 36.5 Å². The smallest absolute Gasteiger partial charge is 0.315 e. The van der Waals surface area contributed by atoms with Gasteiger partial charge in [0.25, 0.3) is 0 Å². The van der Waals surface area contributed by atoms with E-state index in [1.807, 2.05) is 43.5 Å². The Balaban J connectivity index is 1.49. The van der Waals surface area contributed by atoms with E-state index in [0.717, 1.165) is 31.4 Å². The van der Waals surface area contributed by atoms with Gasteiger partial charge >= 0.3 is 6.03 Å². The van der Waals surface area contributed by atoms with Gasteiger partial charge < -0.3 is 15.7 Å². The second kappa shape index (κ2) is 8.11. The topological polar surface area (TPSA) is 92.1 Å². The van der Waals surface area contributed by atoms with Crippen LogP contribution in [0.3, 0.4) is 0 Å². The summed E-state index contributed by atoms with van der Waals surface area (Å²) in [6.07, 6.45) is 5.30. The number of amides is 2. The fourth-order valence-electron chi connectivity index (χ4n) is 3.19. The second-order valence-corrected chi connectivity index (χ2v) is 6.69. The van der Waals surface area contributed by atoms with Crippen LogP contribution in [-0.2, 0) is 0 Å². The molecule has 7 heteroatoms. The number of para-hydroxylation sites is 1. The molecule has 25 heavy (non-hydrogen) atoms. The van der Waals surface area contributed by atoms with Gasteiger partial charge in [-0.1, -0.05) is 29.8 Å². The minimum atomic E-state index is -0.241. The van der Waals surface area contributed by atoms with E-state index in [1.165, 1.54) is 0 Å². The SMILES string of the molecule is CC(NC(=O)NCC1CCCC(O)C1)c1cn(-c2ccccc2)nn1. The Kier molecular flexibility index (Phi) is 5.65. The summed E-state index contributed by atoms with van der Waals surface area (Å²) < 4.78 is 1.69. The van der Waals surface area contributed by atoms with Gasteiger partial charge in [-0.15, -0.1) is 5.10 Å². The largest absolute Gasteiger partial charge is 0.393 e. The first-order chi connectivity index (χ1) is 12.1. The number of nitrogens with zero attached hydrogens (tertiary/aromatic N) is 3. The van der Waals surface area contributed by atoms with Gasteiger partial charge in [-0.05, 0) is 44.2 Å². The predicted molar refractivity (Wildman–Crippen MR) is 94.3 cm³/mol.